The fraction of sp³-hybridized carbons (Fsp3) is 0.0714. The van der Waals surface area contributed by atoms with Gasteiger partial charge in [0.1, 0.15) is 16.8 Å². The third-order valence-electron chi connectivity index (χ3n) is 2.63. The van der Waals surface area contributed by atoms with Crippen LogP contribution in [0.3, 0.4) is 0 Å². The van der Waals surface area contributed by atoms with E-state index in [0.29, 0.717) is 5.56 Å². The number of aromatic nitrogens is 2. The first-order chi connectivity index (χ1) is 9.72. The van der Waals surface area contributed by atoms with E-state index in [1.165, 1.54) is 23.6 Å². The average molecular weight is 305 g/mol. The molecular weight excluding hydrogens is 296 g/mol. The van der Waals surface area contributed by atoms with Crippen LogP contribution in [-0.2, 0) is 11.3 Å². The van der Waals surface area contributed by atoms with Crippen molar-refractivity contribution in [3.63, 3.8) is 0 Å². The van der Waals surface area contributed by atoms with Crippen molar-refractivity contribution in [3.05, 3.63) is 58.3 Å². The molecule has 2 heterocycles. The topological polar surface area (TPSA) is 52.1 Å². The van der Waals surface area contributed by atoms with E-state index in [9.17, 15) is 4.79 Å². The molecule has 20 heavy (non-hydrogen) atoms. The molecule has 3 rings (SSSR count). The number of benzene rings is 1. The van der Waals surface area contributed by atoms with Gasteiger partial charge in [0.05, 0.1) is 15.8 Å². The fourth-order valence-electron chi connectivity index (χ4n) is 1.72. The quantitative estimate of drug-likeness (QED) is 0.547. The first kappa shape index (κ1) is 13.0. The largest absolute Gasteiger partial charge is 0.455 e. The van der Waals surface area contributed by atoms with Gasteiger partial charge in [-0.05, 0) is 24.3 Å². The Morgan fingerprint density at radius 3 is 2.95 bits per heavy atom. The van der Waals surface area contributed by atoms with E-state index in [0.717, 1.165) is 15.2 Å². The van der Waals surface area contributed by atoms with Crippen molar-refractivity contribution in [2.24, 2.45) is 0 Å². The Labute approximate surface area is 124 Å². The Hall–Kier alpha value is -1.98. The maximum atomic E-state index is 11.9. The van der Waals surface area contributed by atoms with Crippen LogP contribution in [0.4, 0.5) is 0 Å². The van der Waals surface area contributed by atoms with E-state index in [1.807, 2.05) is 24.3 Å². The van der Waals surface area contributed by atoms with Crippen molar-refractivity contribution in [2.45, 2.75) is 6.61 Å². The van der Waals surface area contributed by atoms with E-state index in [4.69, 9.17) is 16.3 Å². The summed E-state index contributed by atoms with van der Waals surface area (Å²) >= 11 is 7.24. The summed E-state index contributed by atoms with van der Waals surface area (Å²) in [6.07, 6.45) is 1.47. The molecular formula is C14H9ClN2O2S. The molecule has 0 unspecified atom stereocenters. The zero-order valence-corrected chi connectivity index (χ0v) is 11.8. The van der Waals surface area contributed by atoms with Gasteiger partial charge in [-0.2, -0.15) is 0 Å². The summed E-state index contributed by atoms with van der Waals surface area (Å²) in [6.45, 7) is 0.151. The standard InChI is InChI=1S/C14H9ClN2O2S/c15-12-7-9(5-6-16-12)14(18)19-8-13-17-10-3-1-2-4-11(10)20-13/h1-7H,8H2. The first-order valence-corrected chi connectivity index (χ1v) is 7.05. The molecule has 0 fully saturated rings. The van der Waals surface area contributed by atoms with E-state index < -0.39 is 5.97 Å². The fourth-order valence-corrected chi connectivity index (χ4v) is 2.78. The lowest BCUT2D eigenvalue weighted by atomic mass is 10.3. The minimum atomic E-state index is -0.437. The lowest BCUT2D eigenvalue weighted by Gasteiger charge is -2.02. The molecule has 100 valence electrons. The Balaban J connectivity index is 1.71. The van der Waals surface area contributed by atoms with E-state index in [1.54, 1.807) is 6.07 Å². The van der Waals surface area contributed by atoms with Crippen LogP contribution in [0.1, 0.15) is 15.4 Å². The Morgan fingerprint density at radius 2 is 2.15 bits per heavy atom. The molecule has 0 aliphatic carbocycles. The van der Waals surface area contributed by atoms with Crippen LogP contribution in [-0.4, -0.2) is 15.9 Å². The van der Waals surface area contributed by atoms with Crippen LogP contribution >= 0.6 is 22.9 Å². The predicted octanol–water partition coefficient (Wildman–Crippen LogP) is 3.70. The smallest absolute Gasteiger partial charge is 0.338 e. The number of thiazole rings is 1. The molecule has 3 aromatic rings. The number of rotatable bonds is 3. The highest BCUT2D eigenvalue weighted by Crippen LogP contribution is 2.22. The van der Waals surface area contributed by atoms with E-state index in [2.05, 4.69) is 9.97 Å². The molecule has 2 aromatic heterocycles. The van der Waals surface area contributed by atoms with Crippen molar-refractivity contribution < 1.29 is 9.53 Å². The van der Waals surface area contributed by atoms with Gasteiger partial charge in [-0.25, -0.2) is 14.8 Å². The summed E-state index contributed by atoms with van der Waals surface area (Å²) in [5, 5.41) is 1.03. The number of hydrogen-bond donors (Lipinski definition) is 0. The molecule has 0 aliphatic rings. The summed E-state index contributed by atoms with van der Waals surface area (Å²) in [6, 6.07) is 10.8. The Morgan fingerprint density at radius 1 is 1.30 bits per heavy atom. The van der Waals surface area contributed by atoms with Crippen molar-refractivity contribution in [3.8, 4) is 0 Å². The molecule has 0 saturated carbocycles. The highest BCUT2D eigenvalue weighted by molar-refractivity contribution is 7.18. The van der Waals surface area contributed by atoms with Crippen LogP contribution in [0.25, 0.3) is 10.2 Å². The number of pyridine rings is 1. The Kier molecular flexibility index (Phi) is 3.62. The summed E-state index contributed by atoms with van der Waals surface area (Å²) in [4.78, 5) is 20.1. The number of nitrogens with zero attached hydrogens (tertiary/aromatic N) is 2. The maximum absolute atomic E-state index is 11.9. The number of para-hydroxylation sites is 1. The number of fused-ring (bicyclic) bond motifs is 1. The number of hydrogen-bond acceptors (Lipinski definition) is 5. The molecule has 1 aromatic carbocycles. The molecule has 0 aliphatic heterocycles. The molecule has 0 saturated heterocycles. The summed E-state index contributed by atoms with van der Waals surface area (Å²) in [5.74, 6) is -0.437. The van der Waals surface area contributed by atoms with Crippen LogP contribution in [0.5, 0.6) is 0 Å². The monoisotopic (exact) mass is 304 g/mol. The van der Waals surface area contributed by atoms with Gasteiger partial charge in [0.2, 0.25) is 0 Å². The van der Waals surface area contributed by atoms with Gasteiger partial charge in [0, 0.05) is 6.20 Å². The van der Waals surface area contributed by atoms with Crippen molar-refractivity contribution >= 4 is 39.1 Å². The molecule has 0 bridgehead atoms. The molecule has 4 nitrogen and oxygen atoms in total. The Bertz CT molecular complexity index is 739. The normalized spacial score (nSPS) is 10.7. The molecule has 0 radical (unpaired) electrons. The van der Waals surface area contributed by atoms with Crippen molar-refractivity contribution in [1.82, 2.24) is 9.97 Å². The second-order valence-corrected chi connectivity index (χ2v) is 5.52. The van der Waals surface area contributed by atoms with Crippen molar-refractivity contribution in [1.29, 1.82) is 0 Å². The van der Waals surface area contributed by atoms with E-state index in [-0.39, 0.29) is 11.8 Å². The predicted molar refractivity (Wildman–Crippen MR) is 78.0 cm³/mol. The summed E-state index contributed by atoms with van der Waals surface area (Å²) in [5.41, 5.74) is 1.29. The zero-order chi connectivity index (χ0) is 13.9. The maximum Gasteiger partial charge on any atom is 0.338 e. The molecule has 0 amide bonds. The molecule has 6 heteroatoms. The minimum absolute atomic E-state index is 0.151. The number of carbonyl (C=O) groups excluding carboxylic acids is 1. The second kappa shape index (κ2) is 5.56. The first-order valence-electron chi connectivity index (χ1n) is 5.85. The van der Waals surface area contributed by atoms with Gasteiger partial charge in [0.25, 0.3) is 0 Å². The molecule has 0 spiro atoms. The van der Waals surface area contributed by atoms with Crippen LogP contribution < -0.4 is 0 Å². The van der Waals surface area contributed by atoms with Gasteiger partial charge < -0.3 is 4.74 Å². The van der Waals surface area contributed by atoms with Gasteiger partial charge in [-0.3, -0.25) is 0 Å². The van der Waals surface area contributed by atoms with Crippen LogP contribution in [0, 0.1) is 0 Å². The zero-order valence-electron chi connectivity index (χ0n) is 10.2. The van der Waals surface area contributed by atoms with Crippen molar-refractivity contribution in [2.75, 3.05) is 0 Å². The third-order valence-corrected chi connectivity index (χ3v) is 3.84. The van der Waals surface area contributed by atoms with Crippen LogP contribution in [0.15, 0.2) is 42.6 Å². The van der Waals surface area contributed by atoms with Gasteiger partial charge in [-0.1, -0.05) is 23.7 Å². The SMILES string of the molecule is O=C(OCc1nc2ccccc2s1)c1ccnc(Cl)c1. The van der Waals surface area contributed by atoms with Gasteiger partial charge >= 0.3 is 5.97 Å². The molecule has 0 atom stereocenters. The summed E-state index contributed by atoms with van der Waals surface area (Å²) in [7, 11) is 0. The lowest BCUT2D eigenvalue weighted by Crippen LogP contribution is -2.05. The number of esters is 1. The van der Waals surface area contributed by atoms with Crippen LogP contribution in [0.2, 0.25) is 5.15 Å². The second-order valence-electron chi connectivity index (χ2n) is 4.02. The third kappa shape index (κ3) is 2.79. The van der Waals surface area contributed by atoms with E-state index >= 15 is 0 Å². The number of halogens is 1. The number of ether oxygens (including phenoxy) is 1. The van der Waals surface area contributed by atoms with Gasteiger partial charge in [0.15, 0.2) is 0 Å². The highest BCUT2D eigenvalue weighted by Gasteiger charge is 2.10. The lowest BCUT2D eigenvalue weighted by molar-refractivity contribution is 0.0472. The highest BCUT2D eigenvalue weighted by atomic mass is 35.5. The number of carbonyl (C=O) groups is 1. The molecule has 0 N–H and O–H groups in total. The minimum Gasteiger partial charge on any atom is -0.455 e. The summed E-state index contributed by atoms with van der Waals surface area (Å²) < 4.78 is 6.30. The van der Waals surface area contributed by atoms with Gasteiger partial charge in [-0.15, -0.1) is 11.3 Å². The average Bonchev–Trinajstić information content (AvgIpc) is 2.87.